The zero-order chi connectivity index (χ0) is 0. The fraction of sp³-hybridized carbons (Fsp3) is 0. The molecule has 0 saturated heterocycles. The summed E-state index contributed by atoms with van der Waals surface area (Å²) in [6, 6.07) is 0. The van der Waals surface area contributed by atoms with E-state index in [9.17, 15) is 0 Å². The molecule has 0 atom stereocenters. The average Bonchev–Trinajstić information content (AvgIpc) is 0. The smallest absolute Gasteiger partial charge is 1.00 e. The number of hydrogen-bond acceptors (Lipinski definition) is 0. The van der Waals surface area contributed by atoms with E-state index >= 15 is 0 Å². The second-order valence-electron chi connectivity index (χ2n) is 0. The van der Waals surface area contributed by atoms with E-state index in [0.717, 1.165) is 0 Å². The first-order valence-corrected chi connectivity index (χ1v) is 0. The van der Waals surface area contributed by atoms with Crippen molar-refractivity contribution in [2.75, 3.05) is 0 Å². The Kier molecular flexibility index (Phi) is 585. The molecule has 0 rings (SSSR count). The zero-order valence-corrected chi connectivity index (χ0v) is 15.1. The Balaban J connectivity index is 0. The van der Waals surface area contributed by atoms with E-state index < -0.39 is 0 Å². The zero-order valence-electron chi connectivity index (χ0n) is 5.45. The van der Waals surface area contributed by atoms with Gasteiger partial charge in [0.1, 0.15) is 0 Å². The van der Waals surface area contributed by atoms with Gasteiger partial charge in [-0.2, -0.15) is 0 Å². The minimum absolute atomic E-state index is 0. The van der Waals surface area contributed by atoms with Gasteiger partial charge < -0.3 is 2.85 Å². The van der Waals surface area contributed by atoms with Gasteiger partial charge in [0.15, 0.2) is 0 Å². The van der Waals surface area contributed by atoms with Gasteiger partial charge in [-0.05, 0) is 11.0 Å². The topological polar surface area (TPSA) is 0 Å². The Morgan fingerprint density at radius 3 is 1.12 bits per heavy atom. The van der Waals surface area contributed by atoms with E-state index in [4.69, 9.17) is 0 Å². The normalized spacial score (nSPS) is 0. The van der Waals surface area contributed by atoms with E-state index in [0.29, 0.717) is 0 Å². The molecule has 0 amide bonds. The van der Waals surface area contributed by atoms with Crippen LogP contribution < -0.4 is 0 Å². The Hall–Kier alpha value is 4.76. The molecule has 0 aromatic carbocycles. The first kappa shape index (κ1) is 77.9. The third-order valence-corrected chi connectivity index (χ3v) is 0. The molecule has 0 aromatic rings. The minimum Gasteiger partial charge on any atom is -1.00 e. The molecule has 0 fully saturated rings. The van der Waals surface area contributed by atoms with Gasteiger partial charge in [-0.1, -0.05) is 0 Å². The van der Waals surface area contributed by atoms with Gasteiger partial charge in [-0.3, -0.25) is 0 Å². The molecule has 0 aliphatic carbocycles. The van der Waals surface area contributed by atoms with Crippen molar-refractivity contribution in [3.8, 4) is 0 Å². The van der Waals surface area contributed by atoms with Gasteiger partial charge in [0.05, 0.1) is 0 Å². The van der Waals surface area contributed by atoms with E-state index in [1.54, 1.807) is 0 Å². The summed E-state index contributed by atoms with van der Waals surface area (Å²) in [6.07, 6.45) is 0. The summed E-state index contributed by atoms with van der Waals surface area (Å²) < 4.78 is 0. The standard InChI is InChI=1S/Cu.Fe.Mg.Mn.H4Si.Ti.Zn.Zr.2H/h;;;;1H4;;;;;/q;;+2;;;;;;2*-1. The van der Waals surface area contributed by atoms with Gasteiger partial charge in [-0.15, -0.1) is 0 Å². The fourth-order valence-electron chi connectivity index (χ4n) is 0. The molecule has 0 saturated carbocycles. The van der Waals surface area contributed by atoms with E-state index in [1.807, 2.05) is 0 Å². The molecule has 0 heterocycles. The molecule has 0 aliphatic heterocycles. The van der Waals surface area contributed by atoms with Crippen LogP contribution in [0.15, 0.2) is 0 Å². The molecule has 0 spiro atoms. The Morgan fingerprint density at radius 2 is 1.12 bits per heavy atom. The van der Waals surface area contributed by atoms with Crippen LogP contribution in [0.4, 0.5) is 0 Å². The molecule has 0 aromatic heterocycles. The van der Waals surface area contributed by atoms with Crippen molar-refractivity contribution in [3.63, 3.8) is 0 Å². The van der Waals surface area contributed by atoms with Gasteiger partial charge in [0, 0.05) is 119 Å². The summed E-state index contributed by atoms with van der Waals surface area (Å²) in [7, 11) is 0. The maximum absolute atomic E-state index is 0. The molecule has 0 aliphatic rings. The first-order chi connectivity index (χ1) is 0. The van der Waals surface area contributed by atoms with Crippen LogP contribution in [0.2, 0.25) is 0 Å². The van der Waals surface area contributed by atoms with Gasteiger partial charge >= 0.3 is 23.1 Å². The summed E-state index contributed by atoms with van der Waals surface area (Å²) >= 11 is 0. The molecule has 0 N–H and O–H groups in total. The molecule has 0 bridgehead atoms. The molecule has 48 valence electrons. The number of hydrogen-bond donors (Lipinski definition) is 0. The summed E-state index contributed by atoms with van der Waals surface area (Å²) in [5, 5.41) is 0. The third-order valence-electron chi connectivity index (χ3n) is 0. The predicted molar refractivity (Wildman–Crippen MR) is 19.3 cm³/mol. The van der Waals surface area contributed by atoms with Crippen LogP contribution in [0.5, 0.6) is 0 Å². The molecular formula is H6CuFeMgMnSiTiZnZr. The van der Waals surface area contributed by atoms with Crippen LogP contribution in [-0.2, 0) is 119 Å². The molecular weight excluding hydrogens is 431 g/mol. The van der Waals surface area contributed by atoms with Crippen molar-refractivity contribution in [2.45, 2.75) is 0 Å². The summed E-state index contributed by atoms with van der Waals surface area (Å²) in [5.41, 5.74) is 0. The van der Waals surface area contributed by atoms with Crippen molar-refractivity contribution < 1.29 is 121 Å². The number of rotatable bonds is 0. The molecule has 2 radical (unpaired) electrons. The van der Waals surface area contributed by atoms with Crippen LogP contribution in [0.25, 0.3) is 0 Å². The van der Waals surface area contributed by atoms with Crippen LogP contribution in [0, 0.1) is 0 Å². The maximum atomic E-state index is 0. The summed E-state index contributed by atoms with van der Waals surface area (Å²) in [5.74, 6) is 0. The second-order valence-corrected chi connectivity index (χ2v) is 0. The second kappa shape index (κ2) is 60.1. The minimum atomic E-state index is 0. The van der Waals surface area contributed by atoms with Crippen LogP contribution in [0.1, 0.15) is 2.85 Å². The fourth-order valence-corrected chi connectivity index (χ4v) is 0. The third kappa shape index (κ3) is 45.2. The van der Waals surface area contributed by atoms with E-state index in [-0.39, 0.29) is 155 Å². The summed E-state index contributed by atoms with van der Waals surface area (Å²) in [4.78, 5) is 0. The van der Waals surface area contributed by atoms with Gasteiger partial charge in [0.2, 0.25) is 0 Å². The molecule has 0 unspecified atom stereocenters. The largest absolute Gasteiger partial charge is 2.00 e. The predicted octanol–water partition coefficient (Wildman–Crippen LogP) is -1.62. The monoisotopic (exact) mass is 434 g/mol. The molecule has 0 nitrogen and oxygen atoms in total. The quantitative estimate of drug-likeness (QED) is 0.400. The van der Waals surface area contributed by atoms with Crippen molar-refractivity contribution in [1.29, 1.82) is 0 Å². The first-order valence-electron chi connectivity index (χ1n) is 0. The SMILES string of the molecule is [Cu].[Fe].[H-].[H-].[Mg+2].[Mn].[SiH4].[Ti].[Zn].[Zr]. The van der Waals surface area contributed by atoms with Crippen LogP contribution >= 0.6 is 0 Å². The van der Waals surface area contributed by atoms with E-state index in [2.05, 4.69) is 0 Å². The van der Waals surface area contributed by atoms with Gasteiger partial charge in [0.25, 0.3) is 0 Å². The molecule has 8 heavy (non-hydrogen) atoms. The van der Waals surface area contributed by atoms with Crippen molar-refractivity contribution in [2.24, 2.45) is 0 Å². The Morgan fingerprint density at radius 1 is 1.12 bits per heavy atom. The van der Waals surface area contributed by atoms with Crippen LogP contribution in [0.3, 0.4) is 0 Å². The van der Waals surface area contributed by atoms with Crippen LogP contribution in [-0.4, -0.2) is 34.0 Å². The maximum Gasteiger partial charge on any atom is 2.00 e. The molecule has 8 heteroatoms. The van der Waals surface area contributed by atoms with E-state index in [1.165, 1.54) is 0 Å². The Bertz CT molecular complexity index is 31.2. The van der Waals surface area contributed by atoms with Crippen molar-refractivity contribution in [3.05, 3.63) is 0 Å². The van der Waals surface area contributed by atoms with Crippen molar-refractivity contribution in [1.82, 2.24) is 0 Å². The Labute approximate surface area is 152 Å². The van der Waals surface area contributed by atoms with Gasteiger partial charge in [-0.25, -0.2) is 0 Å². The van der Waals surface area contributed by atoms with Crippen molar-refractivity contribution >= 4 is 34.0 Å². The summed E-state index contributed by atoms with van der Waals surface area (Å²) in [6.45, 7) is 0. The average molecular weight is 437 g/mol.